The number of anilines is 1. The molecule has 94 valence electrons. The van der Waals surface area contributed by atoms with Crippen molar-refractivity contribution in [3.63, 3.8) is 0 Å². The van der Waals surface area contributed by atoms with Crippen molar-refractivity contribution in [2.24, 2.45) is 0 Å². The fourth-order valence-corrected chi connectivity index (χ4v) is 2.35. The minimum Gasteiger partial charge on any atom is -0.456 e. The summed E-state index contributed by atoms with van der Waals surface area (Å²) >= 11 is 1.16. The van der Waals surface area contributed by atoms with Crippen molar-refractivity contribution in [1.82, 2.24) is 4.98 Å². The van der Waals surface area contributed by atoms with E-state index in [-0.39, 0.29) is 17.5 Å². The number of hydrogen-bond acceptors (Lipinski definition) is 5. The van der Waals surface area contributed by atoms with E-state index in [1.165, 1.54) is 6.92 Å². The maximum absolute atomic E-state index is 11.8. The monoisotopic (exact) mass is 264 g/mol. The molecule has 1 amide bonds. The molecule has 1 N–H and O–H groups in total. The van der Waals surface area contributed by atoms with Crippen LogP contribution in [-0.4, -0.2) is 16.7 Å². The van der Waals surface area contributed by atoms with Crippen LogP contribution in [0, 0.1) is 13.8 Å². The van der Waals surface area contributed by atoms with Crippen molar-refractivity contribution in [2.75, 3.05) is 5.32 Å². The number of ketones is 1. The third kappa shape index (κ3) is 2.48. The van der Waals surface area contributed by atoms with E-state index in [1.807, 2.05) is 0 Å². The molecule has 0 aliphatic rings. The first-order chi connectivity index (χ1) is 8.47. The van der Waals surface area contributed by atoms with Gasteiger partial charge < -0.3 is 4.42 Å². The topological polar surface area (TPSA) is 72.2 Å². The van der Waals surface area contributed by atoms with Crippen LogP contribution in [0.1, 0.15) is 38.6 Å². The number of thiazole rings is 1. The van der Waals surface area contributed by atoms with E-state index in [0.29, 0.717) is 21.5 Å². The number of nitrogens with zero attached hydrogens (tertiary/aromatic N) is 1. The summed E-state index contributed by atoms with van der Waals surface area (Å²) in [5.41, 5.74) is 0.624. The fraction of sp³-hybridized carbons (Fsp3) is 0.250. The molecule has 2 heterocycles. The van der Waals surface area contributed by atoms with Gasteiger partial charge in [0.05, 0.1) is 10.6 Å². The molecule has 2 aromatic rings. The maximum atomic E-state index is 11.8. The zero-order chi connectivity index (χ0) is 13.3. The molecule has 0 bridgehead atoms. The highest BCUT2D eigenvalue weighted by Crippen LogP contribution is 2.23. The Labute approximate surface area is 108 Å². The minimum absolute atomic E-state index is 0.0562. The third-order valence-electron chi connectivity index (χ3n) is 2.30. The van der Waals surface area contributed by atoms with Gasteiger partial charge in [-0.25, -0.2) is 4.98 Å². The lowest BCUT2D eigenvalue weighted by Gasteiger charge is -1.96. The lowest BCUT2D eigenvalue weighted by atomic mass is 10.3. The number of amides is 1. The summed E-state index contributed by atoms with van der Waals surface area (Å²) in [5.74, 6) is 0.468. The Morgan fingerprint density at radius 2 is 2.06 bits per heavy atom. The van der Waals surface area contributed by atoms with E-state index in [2.05, 4.69) is 10.3 Å². The largest absolute Gasteiger partial charge is 0.456 e. The van der Waals surface area contributed by atoms with E-state index < -0.39 is 0 Å². The van der Waals surface area contributed by atoms with E-state index in [0.717, 1.165) is 11.3 Å². The van der Waals surface area contributed by atoms with Crippen LogP contribution in [0.4, 0.5) is 5.13 Å². The van der Waals surface area contributed by atoms with Crippen molar-refractivity contribution in [3.8, 4) is 0 Å². The molecule has 0 saturated carbocycles. The standard InChI is InChI=1S/C12H12N2O3S/c1-6-4-5-9(17-6)11(16)14-12-13-7(2)10(18-12)8(3)15/h4-5H,1-3H3,(H,13,14,16). The van der Waals surface area contributed by atoms with E-state index in [9.17, 15) is 9.59 Å². The summed E-state index contributed by atoms with van der Waals surface area (Å²) in [5, 5.41) is 3.01. The smallest absolute Gasteiger partial charge is 0.293 e. The molecular formula is C12H12N2O3S. The van der Waals surface area contributed by atoms with Crippen molar-refractivity contribution in [3.05, 3.63) is 34.2 Å². The van der Waals surface area contributed by atoms with E-state index in [4.69, 9.17) is 4.42 Å². The van der Waals surface area contributed by atoms with Gasteiger partial charge in [0.15, 0.2) is 16.7 Å². The van der Waals surface area contributed by atoms with Crippen molar-refractivity contribution in [2.45, 2.75) is 20.8 Å². The molecule has 0 saturated heterocycles. The normalized spacial score (nSPS) is 10.4. The number of nitrogens with one attached hydrogen (secondary N) is 1. The van der Waals surface area contributed by atoms with Gasteiger partial charge in [-0.1, -0.05) is 11.3 Å². The predicted molar refractivity (Wildman–Crippen MR) is 68.3 cm³/mol. The van der Waals surface area contributed by atoms with Gasteiger partial charge in [-0.05, 0) is 26.0 Å². The summed E-state index contributed by atoms with van der Waals surface area (Å²) in [6.45, 7) is 4.97. The molecule has 0 aliphatic carbocycles. The zero-order valence-electron chi connectivity index (χ0n) is 10.2. The average Bonchev–Trinajstić information content (AvgIpc) is 2.85. The van der Waals surface area contributed by atoms with Gasteiger partial charge in [0.2, 0.25) is 0 Å². The second-order valence-electron chi connectivity index (χ2n) is 3.85. The SMILES string of the molecule is CC(=O)c1sc(NC(=O)c2ccc(C)o2)nc1C. The summed E-state index contributed by atoms with van der Waals surface area (Å²) < 4.78 is 5.20. The van der Waals surface area contributed by atoms with Gasteiger partial charge in [0.1, 0.15) is 5.76 Å². The highest BCUT2D eigenvalue weighted by Gasteiger charge is 2.15. The van der Waals surface area contributed by atoms with Crippen LogP contribution < -0.4 is 5.32 Å². The Morgan fingerprint density at radius 1 is 1.33 bits per heavy atom. The van der Waals surface area contributed by atoms with Crippen molar-refractivity contribution in [1.29, 1.82) is 0 Å². The molecule has 0 aliphatic heterocycles. The first-order valence-corrected chi connectivity index (χ1v) is 6.15. The molecule has 2 aromatic heterocycles. The van der Waals surface area contributed by atoms with Crippen LogP contribution in [0.15, 0.2) is 16.5 Å². The molecule has 0 radical (unpaired) electrons. The van der Waals surface area contributed by atoms with Gasteiger partial charge in [-0.15, -0.1) is 0 Å². The Bertz CT molecular complexity index is 613. The Hall–Kier alpha value is -1.95. The lowest BCUT2D eigenvalue weighted by Crippen LogP contribution is -2.10. The molecule has 0 fully saturated rings. The Kier molecular flexibility index (Phi) is 3.29. The highest BCUT2D eigenvalue weighted by molar-refractivity contribution is 7.17. The van der Waals surface area contributed by atoms with Gasteiger partial charge >= 0.3 is 0 Å². The first kappa shape index (κ1) is 12.5. The second-order valence-corrected chi connectivity index (χ2v) is 4.85. The van der Waals surface area contributed by atoms with Crippen LogP contribution >= 0.6 is 11.3 Å². The van der Waals surface area contributed by atoms with Gasteiger partial charge in [0.25, 0.3) is 5.91 Å². The number of rotatable bonds is 3. The van der Waals surface area contributed by atoms with Gasteiger partial charge in [-0.2, -0.15) is 0 Å². The van der Waals surface area contributed by atoms with Crippen LogP contribution in [0.25, 0.3) is 0 Å². The number of carbonyl (C=O) groups is 2. The Morgan fingerprint density at radius 3 is 2.56 bits per heavy atom. The number of aromatic nitrogens is 1. The first-order valence-electron chi connectivity index (χ1n) is 5.33. The zero-order valence-corrected chi connectivity index (χ0v) is 11.1. The van der Waals surface area contributed by atoms with E-state index in [1.54, 1.807) is 26.0 Å². The minimum atomic E-state index is -0.369. The summed E-state index contributed by atoms with van der Waals surface area (Å²) in [6.07, 6.45) is 0. The van der Waals surface area contributed by atoms with Gasteiger partial charge in [-0.3, -0.25) is 14.9 Å². The lowest BCUT2D eigenvalue weighted by molar-refractivity contribution is 0.0993. The molecule has 18 heavy (non-hydrogen) atoms. The highest BCUT2D eigenvalue weighted by atomic mass is 32.1. The predicted octanol–water partition coefficient (Wildman–Crippen LogP) is 2.81. The fourth-order valence-electron chi connectivity index (χ4n) is 1.49. The number of carbonyl (C=O) groups excluding carboxylic acids is 2. The third-order valence-corrected chi connectivity index (χ3v) is 3.47. The summed E-state index contributed by atoms with van der Waals surface area (Å²) in [6, 6.07) is 3.31. The van der Waals surface area contributed by atoms with E-state index >= 15 is 0 Å². The number of Topliss-reactive ketones (excluding diaryl/α,β-unsaturated/α-hetero) is 1. The molecule has 2 rings (SSSR count). The van der Waals surface area contributed by atoms with Crippen molar-refractivity contribution < 1.29 is 14.0 Å². The summed E-state index contributed by atoms with van der Waals surface area (Å²) in [4.78, 5) is 27.8. The number of aryl methyl sites for hydroxylation is 2. The Balaban J connectivity index is 2.17. The van der Waals surface area contributed by atoms with Crippen LogP contribution in [0.5, 0.6) is 0 Å². The van der Waals surface area contributed by atoms with Crippen molar-refractivity contribution >= 4 is 28.2 Å². The number of furan rings is 1. The molecule has 0 spiro atoms. The van der Waals surface area contributed by atoms with Crippen LogP contribution in [-0.2, 0) is 0 Å². The molecule has 0 unspecified atom stereocenters. The second kappa shape index (κ2) is 4.73. The molecule has 0 aromatic carbocycles. The average molecular weight is 264 g/mol. The van der Waals surface area contributed by atoms with Crippen LogP contribution in [0.2, 0.25) is 0 Å². The molecule has 0 atom stereocenters. The number of hydrogen-bond donors (Lipinski definition) is 1. The quantitative estimate of drug-likeness (QED) is 0.865. The van der Waals surface area contributed by atoms with Gasteiger partial charge in [0, 0.05) is 6.92 Å². The molecule has 5 nitrogen and oxygen atoms in total. The maximum Gasteiger partial charge on any atom is 0.293 e. The molecule has 6 heteroatoms. The van der Waals surface area contributed by atoms with Crippen LogP contribution in [0.3, 0.4) is 0 Å². The molecular weight excluding hydrogens is 252 g/mol. The summed E-state index contributed by atoms with van der Waals surface area (Å²) in [7, 11) is 0.